The van der Waals surface area contributed by atoms with Crippen LogP contribution in [-0.2, 0) is 38.7 Å². The molecule has 1 atom stereocenters. The Morgan fingerprint density at radius 1 is 1.11 bits per heavy atom. The predicted octanol–water partition coefficient (Wildman–Crippen LogP) is 1.54. The Labute approximate surface area is 206 Å². The van der Waals surface area contributed by atoms with Crippen LogP contribution in [0.15, 0.2) is 36.4 Å². The van der Waals surface area contributed by atoms with E-state index in [4.69, 9.17) is 14.1 Å². The zero-order valence-electron chi connectivity index (χ0n) is 20.6. The molecule has 2 heterocycles. The summed E-state index contributed by atoms with van der Waals surface area (Å²) in [7, 11) is -1.04. The monoisotopic (exact) mass is 480 g/mol. The van der Waals surface area contributed by atoms with Gasteiger partial charge in [0.1, 0.15) is 12.6 Å². The molecule has 1 saturated heterocycles. The van der Waals surface area contributed by atoms with Gasteiger partial charge in [-0.15, -0.1) is 0 Å². The van der Waals surface area contributed by atoms with Crippen LogP contribution in [0.4, 0.5) is 0 Å². The maximum absolute atomic E-state index is 13.0. The molecule has 2 aliphatic heterocycles. The van der Waals surface area contributed by atoms with Crippen LogP contribution >= 0.6 is 0 Å². The first kappa shape index (κ1) is 25.4. The number of nitrogens with one attached hydrogen (secondary N) is 1. The van der Waals surface area contributed by atoms with Gasteiger partial charge < -0.3 is 24.5 Å². The smallest absolute Gasteiger partial charge is 0.459 e. The van der Waals surface area contributed by atoms with E-state index in [-0.39, 0.29) is 18.4 Å². The van der Waals surface area contributed by atoms with Crippen LogP contribution in [0.25, 0.3) is 0 Å². The molecule has 0 saturated carbocycles. The molecule has 2 N–H and O–H groups in total. The minimum atomic E-state index is -1.04. The molecular weight excluding hydrogens is 447 g/mol. The fraction of sp³-hybridized carbons (Fsp3) is 0.462. The first-order chi connectivity index (χ1) is 16.8. The van der Waals surface area contributed by atoms with E-state index in [9.17, 15) is 14.6 Å². The summed E-state index contributed by atoms with van der Waals surface area (Å²) in [5, 5.41) is 12.9. The Bertz CT molecular complexity index is 1050. The van der Waals surface area contributed by atoms with Gasteiger partial charge in [0, 0.05) is 25.2 Å². The summed E-state index contributed by atoms with van der Waals surface area (Å²) in [4.78, 5) is 28.2. The number of carbonyl (C=O) groups is 2. The third-order valence-electron chi connectivity index (χ3n) is 6.61. The summed E-state index contributed by atoms with van der Waals surface area (Å²) in [5.74, 6) is -1.02. The van der Waals surface area contributed by atoms with Crippen molar-refractivity contribution in [3.05, 3.63) is 64.2 Å². The average Bonchev–Trinajstić information content (AvgIpc) is 3.24. The minimum Gasteiger partial charge on any atom is -0.459 e. The van der Waals surface area contributed by atoms with Crippen molar-refractivity contribution in [2.45, 2.75) is 46.6 Å². The van der Waals surface area contributed by atoms with Gasteiger partial charge in [-0.2, -0.15) is 0 Å². The lowest BCUT2D eigenvalue weighted by Crippen LogP contribution is -2.46. The van der Waals surface area contributed by atoms with Crippen LogP contribution in [0.3, 0.4) is 0 Å². The molecule has 35 heavy (non-hydrogen) atoms. The number of nitrogens with zero attached hydrogens (tertiary/aromatic N) is 1. The molecule has 2 aromatic carbocycles. The molecule has 186 valence electrons. The molecule has 1 fully saturated rings. The maximum atomic E-state index is 13.0. The summed E-state index contributed by atoms with van der Waals surface area (Å²) < 4.78 is 16.2. The van der Waals surface area contributed by atoms with Gasteiger partial charge in [0.2, 0.25) is 0 Å². The topological polar surface area (TPSA) is 97.3 Å². The second kappa shape index (κ2) is 11.3. The lowest BCUT2D eigenvalue weighted by Gasteiger charge is -2.26. The third kappa shape index (κ3) is 6.11. The molecule has 0 aliphatic carbocycles. The molecule has 0 spiro atoms. The van der Waals surface area contributed by atoms with Gasteiger partial charge in [-0.1, -0.05) is 44.2 Å². The van der Waals surface area contributed by atoms with Gasteiger partial charge in [0.25, 0.3) is 5.91 Å². The normalized spacial score (nSPS) is 16.8. The van der Waals surface area contributed by atoms with E-state index in [0.717, 1.165) is 44.0 Å². The number of ether oxygens (including phenoxy) is 2. The van der Waals surface area contributed by atoms with E-state index in [2.05, 4.69) is 22.3 Å². The Kier molecular flexibility index (Phi) is 8.23. The first-order valence-electron chi connectivity index (χ1n) is 12.1. The van der Waals surface area contributed by atoms with Crippen LogP contribution in [0.5, 0.6) is 0 Å². The number of hydrogen-bond acceptors (Lipinski definition) is 7. The number of morpholine rings is 1. The Morgan fingerprint density at radius 2 is 1.80 bits per heavy atom. The number of rotatable bonds is 8. The highest BCUT2D eigenvalue weighted by Gasteiger charge is 2.32. The summed E-state index contributed by atoms with van der Waals surface area (Å²) in [6, 6.07) is 10.7. The van der Waals surface area contributed by atoms with Gasteiger partial charge in [-0.05, 0) is 46.6 Å². The van der Waals surface area contributed by atoms with Gasteiger partial charge in [0.05, 0.1) is 19.8 Å². The van der Waals surface area contributed by atoms with Gasteiger partial charge in [0.15, 0.2) is 0 Å². The SMILES string of the molecule is Cc1c(C(=O)NC(C(=O)OCc2ccc(CN3CCOCC3)cc2)C(C)C)ccc2c1B(O)OC2. The highest BCUT2D eigenvalue weighted by atomic mass is 16.5. The molecule has 0 aromatic heterocycles. The first-order valence-corrected chi connectivity index (χ1v) is 12.1. The molecule has 1 amide bonds. The second-order valence-electron chi connectivity index (χ2n) is 9.48. The van der Waals surface area contributed by atoms with Crippen LogP contribution in [0, 0.1) is 12.8 Å². The van der Waals surface area contributed by atoms with E-state index in [0.29, 0.717) is 23.2 Å². The lowest BCUT2D eigenvalue weighted by atomic mass is 9.75. The van der Waals surface area contributed by atoms with Crippen LogP contribution < -0.4 is 10.8 Å². The van der Waals surface area contributed by atoms with Crippen molar-refractivity contribution in [2.24, 2.45) is 5.92 Å². The van der Waals surface area contributed by atoms with Gasteiger partial charge >= 0.3 is 13.1 Å². The minimum absolute atomic E-state index is 0.136. The van der Waals surface area contributed by atoms with Gasteiger partial charge in [-0.25, -0.2) is 4.79 Å². The summed E-state index contributed by atoms with van der Waals surface area (Å²) in [5.41, 5.74) is 4.64. The highest BCUT2D eigenvalue weighted by molar-refractivity contribution is 6.62. The van der Waals surface area contributed by atoms with Crippen LogP contribution in [0.1, 0.15) is 46.5 Å². The number of hydrogen-bond donors (Lipinski definition) is 2. The van der Waals surface area contributed by atoms with Crippen molar-refractivity contribution in [2.75, 3.05) is 26.3 Å². The highest BCUT2D eigenvalue weighted by Crippen LogP contribution is 2.17. The second-order valence-corrected chi connectivity index (χ2v) is 9.48. The third-order valence-corrected chi connectivity index (χ3v) is 6.61. The van der Waals surface area contributed by atoms with Crippen LogP contribution in [-0.4, -0.2) is 61.3 Å². The quantitative estimate of drug-likeness (QED) is 0.437. The molecule has 0 bridgehead atoms. The Morgan fingerprint density at radius 3 is 2.49 bits per heavy atom. The van der Waals surface area contributed by atoms with E-state index in [1.54, 1.807) is 19.1 Å². The lowest BCUT2D eigenvalue weighted by molar-refractivity contribution is -0.148. The zero-order chi connectivity index (χ0) is 24.9. The zero-order valence-corrected chi connectivity index (χ0v) is 20.6. The fourth-order valence-electron chi connectivity index (χ4n) is 4.47. The number of esters is 1. The summed E-state index contributed by atoms with van der Waals surface area (Å²) in [6.07, 6.45) is 0. The largest absolute Gasteiger partial charge is 0.492 e. The van der Waals surface area contributed by atoms with E-state index < -0.39 is 19.1 Å². The van der Waals surface area contributed by atoms with Crippen molar-refractivity contribution in [1.82, 2.24) is 10.2 Å². The van der Waals surface area contributed by atoms with Crippen molar-refractivity contribution in [1.29, 1.82) is 0 Å². The molecule has 8 nitrogen and oxygen atoms in total. The summed E-state index contributed by atoms with van der Waals surface area (Å²) >= 11 is 0. The van der Waals surface area contributed by atoms with Gasteiger partial charge in [-0.3, -0.25) is 9.69 Å². The molecule has 9 heteroatoms. The predicted molar refractivity (Wildman–Crippen MR) is 132 cm³/mol. The van der Waals surface area contributed by atoms with Crippen LogP contribution in [0.2, 0.25) is 0 Å². The number of fused-ring (bicyclic) bond motifs is 1. The number of benzene rings is 2. The molecule has 2 aromatic rings. The van der Waals surface area contributed by atoms with E-state index in [1.807, 2.05) is 26.0 Å². The standard InChI is InChI=1S/C26H33BN2O6/c1-17(2)24(28-25(30)22-9-8-21-16-35-27(32)23(21)18(22)3)26(31)34-15-20-6-4-19(5-7-20)14-29-10-12-33-13-11-29/h4-9,17,24,32H,10-16H2,1-3H3,(H,28,30). The Hall–Kier alpha value is -2.72. The number of carbonyl (C=O) groups excluding carboxylic acids is 2. The molecular formula is C26H33BN2O6. The fourth-order valence-corrected chi connectivity index (χ4v) is 4.47. The van der Waals surface area contributed by atoms with Crippen molar-refractivity contribution >= 4 is 24.5 Å². The average molecular weight is 480 g/mol. The Balaban J connectivity index is 1.34. The van der Waals surface area contributed by atoms with Crippen molar-refractivity contribution in [3.63, 3.8) is 0 Å². The van der Waals surface area contributed by atoms with E-state index in [1.165, 1.54) is 5.56 Å². The van der Waals surface area contributed by atoms with Crippen molar-refractivity contribution < 1.29 is 28.7 Å². The van der Waals surface area contributed by atoms with E-state index >= 15 is 0 Å². The molecule has 2 aliphatic rings. The molecule has 4 rings (SSSR count). The summed E-state index contributed by atoms with van der Waals surface area (Å²) in [6.45, 7) is 10.2. The molecule has 0 radical (unpaired) electrons. The maximum Gasteiger partial charge on any atom is 0.492 e. The number of amides is 1. The molecule has 1 unspecified atom stereocenters. The van der Waals surface area contributed by atoms with Crippen molar-refractivity contribution in [3.8, 4) is 0 Å².